The van der Waals surface area contributed by atoms with Crippen LogP contribution in [0.25, 0.3) is 0 Å². The molecular weight excluding hydrogens is 266 g/mol. The maximum Gasteiger partial charge on any atom is 0.233 e. The number of carbonyl (C=O) groups excluding carboxylic acids is 1. The first kappa shape index (κ1) is 13.2. The zero-order valence-electron chi connectivity index (χ0n) is 9.58. The molecule has 1 N–H and O–H groups in total. The minimum atomic E-state index is -0.0516. The minimum Gasteiger partial charge on any atom is -0.355 e. The first-order valence-electron chi connectivity index (χ1n) is 5.69. The van der Waals surface area contributed by atoms with E-state index < -0.39 is 0 Å². The van der Waals surface area contributed by atoms with E-state index in [0.717, 1.165) is 25.8 Å². The molecule has 16 heavy (non-hydrogen) atoms. The second kappa shape index (κ2) is 7.44. The van der Waals surface area contributed by atoms with Gasteiger partial charge in [0.1, 0.15) is 0 Å². The first-order chi connectivity index (χ1) is 7.74. The molecule has 0 radical (unpaired) electrons. The van der Waals surface area contributed by atoms with Crippen molar-refractivity contribution in [1.82, 2.24) is 5.32 Å². The molecule has 0 spiro atoms. The van der Waals surface area contributed by atoms with Crippen molar-refractivity contribution in [3.63, 3.8) is 0 Å². The van der Waals surface area contributed by atoms with Gasteiger partial charge in [0.05, 0.1) is 4.83 Å². The van der Waals surface area contributed by atoms with Crippen LogP contribution in [-0.2, 0) is 11.2 Å². The lowest BCUT2D eigenvalue weighted by Crippen LogP contribution is -2.31. The molecule has 0 saturated heterocycles. The van der Waals surface area contributed by atoms with Crippen LogP contribution in [0.2, 0.25) is 0 Å². The van der Waals surface area contributed by atoms with Gasteiger partial charge in [-0.05, 0) is 24.8 Å². The van der Waals surface area contributed by atoms with Crippen LogP contribution < -0.4 is 5.32 Å². The summed E-state index contributed by atoms with van der Waals surface area (Å²) >= 11 is 3.33. The zero-order chi connectivity index (χ0) is 11.8. The fraction of sp³-hybridized carbons (Fsp3) is 0.462. The Morgan fingerprint density at radius 3 is 2.69 bits per heavy atom. The van der Waals surface area contributed by atoms with E-state index in [1.54, 1.807) is 0 Å². The largest absolute Gasteiger partial charge is 0.355 e. The van der Waals surface area contributed by atoms with Crippen LogP contribution in [0.4, 0.5) is 0 Å². The van der Waals surface area contributed by atoms with Crippen molar-refractivity contribution in [3.8, 4) is 0 Å². The summed E-state index contributed by atoms with van der Waals surface area (Å²) in [6.07, 6.45) is 2.82. The van der Waals surface area contributed by atoms with Gasteiger partial charge in [-0.1, -0.05) is 53.2 Å². The number of amides is 1. The lowest BCUT2D eigenvalue weighted by atomic mass is 10.1. The molecule has 88 valence electrons. The van der Waals surface area contributed by atoms with Gasteiger partial charge in [-0.25, -0.2) is 0 Å². The highest BCUT2D eigenvalue weighted by molar-refractivity contribution is 9.10. The number of alkyl halides is 1. The molecule has 0 saturated carbocycles. The Hall–Kier alpha value is -0.830. The van der Waals surface area contributed by atoms with Gasteiger partial charge in [-0.15, -0.1) is 0 Å². The van der Waals surface area contributed by atoms with Gasteiger partial charge < -0.3 is 5.32 Å². The van der Waals surface area contributed by atoms with Crippen molar-refractivity contribution in [2.45, 2.75) is 31.0 Å². The van der Waals surface area contributed by atoms with E-state index in [4.69, 9.17) is 0 Å². The quantitative estimate of drug-likeness (QED) is 0.631. The zero-order valence-corrected chi connectivity index (χ0v) is 11.2. The van der Waals surface area contributed by atoms with E-state index in [9.17, 15) is 4.79 Å². The smallest absolute Gasteiger partial charge is 0.233 e. The van der Waals surface area contributed by atoms with Crippen molar-refractivity contribution in [1.29, 1.82) is 0 Å². The van der Waals surface area contributed by atoms with Gasteiger partial charge in [0.25, 0.3) is 0 Å². The van der Waals surface area contributed by atoms with Crippen LogP contribution in [0.3, 0.4) is 0 Å². The van der Waals surface area contributed by atoms with Gasteiger partial charge in [0.2, 0.25) is 5.91 Å². The Morgan fingerprint density at radius 2 is 2.06 bits per heavy atom. The van der Waals surface area contributed by atoms with Crippen LogP contribution in [-0.4, -0.2) is 17.3 Å². The molecule has 1 aromatic carbocycles. The lowest BCUT2D eigenvalue weighted by molar-refractivity contribution is -0.120. The van der Waals surface area contributed by atoms with Crippen molar-refractivity contribution in [2.24, 2.45) is 0 Å². The van der Waals surface area contributed by atoms with Crippen LogP contribution in [0.5, 0.6) is 0 Å². The van der Waals surface area contributed by atoms with Gasteiger partial charge in [0, 0.05) is 6.54 Å². The number of halogens is 1. The standard InChI is InChI=1S/C13H18BrNO/c1-2-12(14)13(16)15-10-6-9-11-7-4-3-5-8-11/h3-5,7-8,12H,2,6,9-10H2,1H3,(H,15,16). The van der Waals surface area contributed by atoms with E-state index in [1.165, 1.54) is 5.56 Å². The highest BCUT2D eigenvalue weighted by atomic mass is 79.9. The highest BCUT2D eigenvalue weighted by Crippen LogP contribution is 2.04. The van der Waals surface area contributed by atoms with Gasteiger partial charge in [-0.2, -0.15) is 0 Å². The molecule has 1 rings (SSSR count). The van der Waals surface area contributed by atoms with Gasteiger partial charge in [-0.3, -0.25) is 4.79 Å². The van der Waals surface area contributed by atoms with Crippen LogP contribution in [0, 0.1) is 0 Å². The van der Waals surface area contributed by atoms with Crippen molar-refractivity contribution in [3.05, 3.63) is 35.9 Å². The molecule has 0 bridgehead atoms. The second-order valence-electron chi connectivity index (χ2n) is 3.76. The normalized spacial score (nSPS) is 12.1. The lowest BCUT2D eigenvalue weighted by Gasteiger charge is -2.08. The molecule has 1 aromatic rings. The summed E-state index contributed by atoms with van der Waals surface area (Å²) in [6.45, 7) is 2.73. The molecule has 0 aliphatic rings. The fourth-order valence-corrected chi connectivity index (χ4v) is 1.61. The molecular formula is C13H18BrNO. The Balaban J connectivity index is 2.15. The van der Waals surface area contributed by atoms with E-state index in [1.807, 2.05) is 25.1 Å². The van der Waals surface area contributed by atoms with Crippen molar-refractivity contribution < 1.29 is 4.79 Å². The molecule has 0 aliphatic heterocycles. The minimum absolute atomic E-state index is 0.0516. The number of hydrogen-bond acceptors (Lipinski definition) is 1. The molecule has 1 atom stereocenters. The molecule has 1 unspecified atom stereocenters. The van der Waals surface area contributed by atoms with Crippen molar-refractivity contribution >= 4 is 21.8 Å². The number of benzene rings is 1. The second-order valence-corrected chi connectivity index (χ2v) is 4.86. The summed E-state index contributed by atoms with van der Waals surface area (Å²) in [5, 5.41) is 2.92. The molecule has 0 aliphatic carbocycles. The predicted molar refractivity (Wildman–Crippen MR) is 70.8 cm³/mol. The highest BCUT2D eigenvalue weighted by Gasteiger charge is 2.10. The number of hydrogen-bond donors (Lipinski definition) is 1. The first-order valence-corrected chi connectivity index (χ1v) is 6.61. The fourth-order valence-electron chi connectivity index (χ4n) is 1.44. The van der Waals surface area contributed by atoms with Gasteiger partial charge in [0.15, 0.2) is 0 Å². The Labute approximate surface area is 106 Å². The van der Waals surface area contributed by atoms with Crippen molar-refractivity contribution in [2.75, 3.05) is 6.54 Å². The summed E-state index contributed by atoms with van der Waals surface area (Å²) in [7, 11) is 0. The van der Waals surface area contributed by atoms with Crippen LogP contribution in [0.15, 0.2) is 30.3 Å². The number of carbonyl (C=O) groups is 1. The molecule has 2 nitrogen and oxygen atoms in total. The van der Waals surface area contributed by atoms with Crippen LogP contribution in [0.1, 0.15) is 25.3 Å². The Kier molecular flexibility index (Phi) is 6.16. The summed E-state index contributed by atoms with van der Waals surface area (Å²) in [4.78, 5) is 11.4. The Morgan fingerprint density at radius 1 is 1.38 bits per heavy atom. The monoisotopic (exact) mass is 283 g/mol. The molecule has 0 heterocycles. The molecule has 0 aromatic heterocycles. The topological polar surface area (TPSA) is 29.1 Å². The number of aryl methyl sites for hydroxylation is 1. The van der Waals surface area contributed by atoms with E-state index >= 15 is 0 Å². The van der Waals surface area contributed by atoms with E-state index in [0.29, 0.717) is 0 Å². The Bertz CT molecular complexity index is 313. The number of rotatable bonds is 6. The van der Waals surface area contributed by atoms with Crippen LogP contribution >= 0.6 is 15.9 Å². The maximum atomic E-state index is 11.4. The molecule has 1 amide bonds. The SMILES string of the molecule is CCC(Br)C(=O)NCCCc1ccccc1. The predicted octanol–water partition coefficient (Wildman–Crippen LogP) is 2.91. The third kappa shape index (κ3) is 4.79. The number of nitrogens with one attached hydrogen (secondary N) is 1. The third-order valence-corrected chi connectivity index (χ3v) is 3.49. The average Bonchev–Trinajstić information content (AvgIpc) is 2.34. The van der Waals surface area contributed by atoms with E-state index in [2.05, 4.69) is 33.4 Å². The summed E-state index contributed by atoms with van der Waals surface area (Å²) in [6, 6.07) is 10.3. The summed E-state index contributed by atoms with van der Waals surface area (Å²) in [5.41, 5.74) is 1.32. The van der Waals surface area contributed by atoms with Gasteiger partial charge >= 0.3 is 0 Å². The summed E-state index contributed by atoms with van der Waals surface area (Å²) < 4.78 is 0. The molecule has 0 fully saturated rings. The summed E-state index contributed by atoms with van der Waals surface area (Å²) in [5.74, 6) is 0.0931. The maximum absolute atomic E-state index is 11.4. The average molecular weight is 284 g/mol. The third-order valence-electron chi connectivity index (χ3n) is 2.43. The van der Waals surface area contributed by atoms with E-state index in [-0.39, 0.29) is 10.7 Å². The molecule has 3 heteroatoms.